The summed E-state index contributed by atoms with van der Waals surface area (Å²) in [6, 6.07) is 10.8. The van der Waals surface area contributed by atoms with E-state index in [-0.39, 0.29) is 29.6 Å². The van der Waals surface area contributed by atoms with Gasteiger partial charge in [-0.05, 0) is 64.1 Å². The van der Waals surface area contributed by atoms with Crippen LogP contribution in [-0.4, -0.2) is 139 Å². The van der Waals surface area contributed by atoms with E-state index in [0.717, 1.165) is 32.2 Å². The summed E-state index contributed by atoms with van der Waals surface area (Å²) in [7, 11) is 5.99. The number of amides is 3. The fourth-order valence-corrected chi connectivity index (χ4v) is 6.91. The summed E-state index contributed by atoms with van der Waals surface area (Å²) in [5.74, 6) is 0.434. The highest BCUT2D eigenvalue weighted by Gasteiger charge is 2.55. The molecule has 1 saturated heterocycles. The fraction of sp³-hybridized carbons (Fsp3) is 0.765. The molecule has 3 amide bonds. The SMILES string of the molecule is COCCOCCOCCOCCOCCNC(=O)CN1C[C@]2(CC[C@](c3ccccc3)(N(C)C)CC2)N(CC2CCC2)C1=O. The summed E-state index contributed by atoms with van der Waals surface area (Å²) < 4.78 is 26.8. The molecule has 254 valence electrons. The van der Waals surface area contributed by atoms with Crippen LogP contribution >= 0.6 is 0 Å². The van der Waals surface area contributed by atoms with Gasteiger partial charge in [-0.1, -0.05) is 36.8 Å². The average molecular weight is 633 g/mol. The predicted octanol–water partition coefficient (Wildman–Crippen LogP) is 3.12. The molecule has 1 heterocycles. The van der Waals surface area contributed by atoms with E-state index in [1.807, 2.05) is 0 Å². The minimum Gasteiger partial charge on any atom is -0.382 e. The highest BCUT2D eigenvalue weighted by atomic mass is 16.6. The molecule has 1 aromatic rings. The summed E-state index contributed by atoms with van der Waals surface area (Å²) in [6.07, 6.45) is 7.46. The van der Waals surface area contributed by atoms with Gasteiger partial charge in [-0.3, -0.25) is 9.69 Å². The Morgan fingerprint density at radius 3 is 1.98 bits per heavy atom. The predicted molar refractivity (Wildman–Crippen MR) is 172 cm³/mol. The number of rotatable bonds is 21. The Hall–Kier alpha value is -2.28. The highest BCUT2D eigenvalue weighted by Crippen LogP contribution is 2.49. The molecule has 4 rings (SSSR count). The molecular weight excluding hydrogens is 576 g/mol. The van der Waals surface area contributed by atoms with Gasteiger partial charge in [0.05, 0.1) is 65.0 Å². The van der Waals surface area contributed by atoms with Crippen LogP contribution in [0.1, 0.15) is 50.5 Å². The first-order chi connectivity index (χ1) is 21.9. The van der Waals surface area contributed by atoms with E-state index in [1.165, 1.54) is 24.8 Å². The van der Waals surface area contributed by atoms with Crippen LogP contribution in [0.25, 0.3) is 0 Å². The number of nitrogens with one attached hydrogen (secondary N) is 1. The molecule has 0 aromatic heterocycles. The molecular formula is C34H56N4O7. The second kappa shape index (κ2) is 18.2. The Morgan fingerprint density at radius 2 is 1.44 bits per heavy atom. The third kappa shape index (κ3) is 9.86. The van der Waals surface area contributed by atoms with Gasteiger partial charge in [0.1, 0.15) is 6.54 Å². The maximum absolute atomic E-state index is 13.8. The summed E-state index contributed by atoms with van der Waals surface area (Å²) in [6.45, 7) is 6.40. The molecule has 11 nitrogen and oxygen atoms in total. The molecule has 3 aliphatic rings. The number of nitrogens with zero attached hydrogens (tertiary/aromatic N) is 3. The number of ether oxygens (including phenoxy) is 5. The zero-order valence-electron chi connectivity index (χ0n) is 27.8. The molecule has 1 aliphatic heterocycles. The highest BCUT2D eigenvalue weighted by molar-refractivity contribution is 5.86. The second-order valence-corrected chi connectivity index (χ2v) is 12.9. The van der Waals surface area contributed by atoms with Gasteiger partial charge in [-0.15, -0.1) is 0 Å². The van der Waals surface area contributed by atoms with E-state index in [9.17, 15) is 9.59 Å². The standard InChI is InChI=1S/C34H56N4O7/c1-36(2)34(30-10-5-4-6-11-30)14-12-33(13-15-34)28-37(32(40)38(33)26-29-8-7-9-29)27-31(39)35-16-17-42-20-21-44-24-25-45-23-22-43-19-18-41-3/h4-6,10-11,29H,7-9,12-28H2,1-3H3,(H,35,39)/t33-,34+. The number of benzene rings is 1. The Labute approximate surface area is 269 Å². The third-order valence-corrected chi connectivity index (χ3v) is 9.85. The smallest absolute Gasteiger partial charge is 0.321 e. The summed E-state index contributed by atoms with van der Waals surface area (Å²) >= 11 is 0. The van der Waals surface area contributed by atoms with E-state index < -0.39 is 0 Å². The van der Waals surface area contributed by atoms with E-state index in [4.69, 9.17) is 23.7 Å². The quantitative estimate of drug-likeness (QED) is 0.207. The molecule has 45 heavy (non-hydrogen) atoms. The van der Waals surface area contributed by atoms with Crippen LogP contribution in [0.3, 0.4) is 0 Å². The van der Waals surface area contributed by atoms with Crippen LogP contribution in [-0.2, 0) is 34.0 Å². The topological polar surface area (TPSA) is 102 Å². The van der Waals surface area contributed by atoms with Crippen molar-refractivity contribution in [1.82, 2.24) is 20.0 Å². The summed E-state index contributed by atoms with van der Waals surface area (Å²) in [5, 5.41) is 2.93. The van der Waals surface area contributed by atoms with Crippen LogP contribution in [0.4, 0.5) is 4.79 Å². The van der Waals surface area contributed by atoms with Crippen molar-refractivity contribution in [3.8, 4) is 0 Å². The molecule has 2 saturated carbocycles. The lowest BCUT2D eigenvalue weighted by molar-refractivity contribution is -0.121. The van der Waals surface area contributed by atoms with Gasteiger partial charge < -0.3 is 38.8 Å². The van der Waals surface area contributed by atoms with Crippen molar-refractivity contribution in [2.24, 2.45) is 5.92 Å². The average Bonchev–Trinajstić information content (AvgIpc) is 3.26. The van der Waals surface area contributed by atoms with Crippen LogP contribution in [0.5, 0.6) is 0 Å². The van der Waals surface area contributed by atoms with Crippen molar-refractivity contribution in [2.45, 2.75) is 56.0 Å². The first kappa shape index (κ1) is 35.6. The van der Waals surface area contributed by atoms with E-state index in [2.05, 4.69) is 59.5 Å². The lowest BCUT2D eigenvalue weighted by Crippen LogP contribution is -2.56. The lowest BCUT2D eigenvalue weighted by atomic mass is 9.68. The first-order valence-electron chi connectivity index (χ1n) is 16.8. The number of methoxy groups -OCH3 is 1. The molecule has 2 aliphatic carbocycles. The van der Waals surface area contributed by atoms with Crippen LogP contribution in [0, 0.1) is 5.92 Å². The Bertz CT molecular complexity index is 1020. The van der Waals surface area contributed by atoms with Gasteiger partial charge in [0.15, 0.2) is 0 Å². The fourth-order valence-electron chi connectivity index (χ4n) is 6.91. The Balaban J connectivity index is 1.16. The monoisotopic (exact) mass is 632 g/mol. The molecule has 0 bridgehead atoms. The molecule has 1 N–H and O–H groups in total. The van der Waals surface area contributed by atoms with Gasteiger partial charge in [0, 0.05) is 32.3 Å². The zero-order valence-corrected chi connectivity index (χ0v) is 27.8. The van der Waals surface area contributed by atoms with Gasteiger partial charge in [0.25, 0.3) is 0 Å². The van der Waals surface area contributed by atoms with Gasteiger partial charge in [-0.25, -0.2) is 4.79 Å². The Kier molecular flexibility index (Phi) is 14.4. The number of hydrogen-bond acceptors (Lipinski definition) is 8. The largest absolute Gasteiger partial charge is 0.382 e. The first-order valence-corrected chi connectivity index (χ1v) is 16.8. The van der Waals surface area contributed by atoms with Crippen molar-refractivity contribution < 1.29 is 33.3 Å². The van der Waals surface area contributed by atoms with E-state index >= 15 is 0 Å². The Morgan fingerprint density at radius 1 is 0.867 bits per heavy atom. The van der Waals surface area contributed by atoms with E-state index in [0.29, 0.717) is 78.5 Å². The molecule has 1 spiro atoms. The van der Waals surface area contributed by atoms with Crippen LogP contribution in [0.2, 0.25) is 0 Å². The van der Waals surface area contributed by atoms with Crippen LogP contribution in [0.15, 0.2) is 30.3 Å². The molecule has 0 radical (unpaired) electrons. The van der Waals surface area contributed by atoms with Crippen molar-refractivity contribution in [3.05, 3.63) is 35.9 Å². The van der Waals surface area contributed by atoms with Crippen molar-refractivity contribution in [1.29, 1.82) is 0 Å². The number of carbonyl (C=O) groups is 2. The summed E-state index contributed by atoms with van der Waals surface area (Å²) in [5.41, 5.74) is 1.09. The minimum atomic E-state index is -0.215. The third-order valence-electron chi connectivity index (χ3n) is 9.85. The van der Waals surface area contributed by atoms with Crippen LogP contribution < -0.4 is 5.32 Å². The minimum absolute atomic E-state index is 0.0186. The maximum Gasteiger partial charge on any atom is 0.321 e. The van der Waals surface area contributed by atoms with Crippen molar-refractivity contribution in [3.63, 3.8) is 0 Å². The molecule has 0 unspecified atom stereocenters. The molecule has 1 aromatic carbocycles. The van der Waals surface area contributed by atoms with Gasteiger partial charge in [0.2, 0.25) is 5.91 Å². The maximum atomic E-state index is 13.8. The number of urea groups is 1. The normalized spacial score (nSPS) is 23.7. The van der Waals surface area contributed by atoms with E-state index in [1.54, 1.807) is 12.0 Å². The molecule has 3 fully saturated rings. The molecule has 0 atom stereocenters. The van der Waals surface area contributed by atoms with Crippen molar-refractivity contribution in [2.75, 3.05) is 107 Å². The van der Waals surface area contributed by atoms with Gasteiger partial charge >= 0.3 is 6.03 Å². The summed E-state index contributed by atoms with van der Waals surface area (Å²) in [4.78, 5) is 32.9. The number of hydrogen-bond donors (Lipinski definition) is 1. The molecule has 11 heteroatoms. The number of carbonyl (C=O) groups excluding carboxylic acids is 2. The van der Waals surface area contributed by atoms with Gasteiger partial charge in [-0.2, -0.15) is 0 Å². The lowest BCUT2D eigenvalue weighted by Gasteiger charge is -2.51. The van der Waals surface area contributed by atoms with Crippen molar-refractivity contribution >= 4 is 11.9 Å². The second-order valence-electron chi connectivity index (χ2n) is 12.9. The zero-order chi connectivity index (χ0) is 32.0.